The lowest BCUT2D eigenvalue weighted by atomic mass is 10.1. The van der Waals surface area contributed by atoms with Crippen LogP contribution < -0.4 is 0 Å². The molecule has 1 aliphatic rings. The third kappa shape index (κ3) is 4.34. The van der Waals surface area contributed by atoms with E-state index >= 15 is 0 Å². The topological polar surface area (TPSA) is 12.2 Å². The van der Waals surface area contributed by atoms with Gasteiger partial charge in [-0.3, -0.25) is 0 Å². The molecule has 0 aromatic heterocycles. The maximum absolute atomic E-state index is 6.34. The average Bonchev–Trinajstić information content (AvgIpc) is 2.91. The molecule has 120 valence electrons. The normalized spacial score (nSPS) is 20.6. The molecule has 1 atom stereocenters. The molecule has 23 heavy (non-hydrogen) atoms. The summed E-state index contributed by atoms with van der Waals surface area (Å²) in [6.07, 6.45) is 1.99. The van der Waals surface area contributed by atoms with E-state index in [1.165, 1.54) is 11.1 Å². The lowest BCUT2D eigenvalue weighted by molar-refractivity contribution is -0.541. The molecule has 1 heterocycles. The van der Waals surface area contributed by atoms with Crippen LogP contribution in [0.25, 0.3) is 0 Å². The number of halogens is 1. The Morgan fingerprint density at radius 3 is 2.17 bits per heavy atom. The van der Waals surface area contributed by atoms with Crippen molar-refractivity contribution in [3.05, 3.63) is 71.8 Å². The number of alkyl halides is 1. The Kier molecular flexibility index (Phi) is 5.36. The van der Waals surface area contributed by atoms with E-state index < -0.39 is 0 Å². The molecule has 2 nitrogen and oxygen atoms in total. The van der Waals surface area contributed by atoms with E-state index in [4.69, 9.17) is 4.74 Å². The van der Waals surface area contributed by atoms with Crippen LogP contribution in [0.3, 0.4) is 0 Å². The van der Waals surface area contributed by atoms with Crippen molar-refractivity contribution in [1.29, 1.82) is 0 Å². The van der Waals surface area contributed by atoms with Crippen LogP contribution in [0.15, 0.2) is 60.7 Å². The summed E-state index contributed by atoms with van der Waals surface area (Å²) in [7, 11) is 0. The molecule has 0 radical (unpaired) electrons. The van der Waals surface area contributed by atoms with E-state index in [1.807, 2.05) is 0 Å². The minimum Gasteiger partial charge on any atom is -0.434 e. The highest BCUT2D eigenvalue weighted by Crippen LogP contribution is 2.24. The minimum absolute atomic E-state index is 0.0681. The summed E-state index contributed by atoms with van der Waals surface area (Å²) in [5.74, 6) is 1.14. The van der Waals surface area contributed by atoms with E-state index in [9.17, 15) is 0 Å². The number of benzene rings is 2. The zero-order chi connectivity index (χ0) is 16.1. The van der Waals surface area contributed by atoms with Crippen LogP contribution in [0.1, 0.15) is 24.5 Å². The number of hydrogen-bond donors (Lipinski definition) is 0. The molecule has 0 amide bonds. The predicted molar refractivity (Wildman–Crippen MR) is 103 cm³/mol. The second kappa shape index (κ2) is 7.47. The van der Waals surface area contributed by atoms with Crippen LogP contribution in [-0.4, -0.2) is 27.0 Å². The Morgan fingerprint density at radius 1 is 0.957 bits per heavy atom. The number of aryl methyl sites for hydroxylation is 1. The Balaban J connectivity index is 1.75. The maximum Gasteiger partial charge on any atom is 0.337 e. The lowest BCUT2D eigenvalue weighted by Gasteiger charge is -2.16. The van der Waals surface area contributed by atoms with E-state index in [0.29, 0.717) is 0 Å². The number of nitrogens with zero attached hydrogens (tertiary/aromatic N) is 1. The Bertz CT molecular complexity index is 669. The highest BCUT2D eigenvalue weighted by atomic mass is 127. The predicted octanol–water partition coefficient (Wildman–Crippen LogP) is 4.45. The van der Waals surface area contributed by atoms with Gasteiger partial charge in [0.25, 0.3) is 0 Å². The van der Waals surface area contributed by atoms with Gasteiger partial charge in [0, 0.05) is 9.99 Å². The summed E-state index contributed by atoms with van der Waals surface area (Å²) in [6.45, 7) is 4.11. The molecular weight excluding hydrogens is 397 g/mol. The Labute approximate surface area is 152 Å². The van der Waals surface area contributed by atoms with Gasteiger partial charge in [-0.05, 0) is 18.9 Å². The molecule has 2 aromatic carbocycles. The average molecular weight is 420 g/mol. The fourth-order valence-electron chi connectivity index (χ4n) is 3.00. The molecule has 0 saturated heterocycles. The molecule has 0 fully saturated rings. The van der Waals surface area contributed by atoms with Crippen molar-refractivity contribution < 1.29 is 9.31 Å². The van der Waals surface area contributed by atoms with Gasteiger partial charge in [-0.2, -0.15) is 4.58 Å². The maximum atomic E-state index is 6.34. The number of hydrogen-bond acceptors (Lipinski definition) is 1. The molecular formula is C20H23INO+. The molecule has 0 N–H and O–H groups in total. The fourth-order valence-corrected chi connectivity index (χ4v) is 3.39. The largest absolute Gasteiger partial charge is 0.434 e. The van der Waals surface area contributed by atoms with Crippen molar-refractivity contribution in [2.75, 3.05) is 11.0 Å². The van der Waals surface area contributed by atoms with Crippen molar-refractivity contribution in [2.24, 2.45) is 0 Å². The van der Waals surface area contributed by atoms with Gasteiger partial charge in [0.15, 0.2) is 18.7 Å². The first-order valence-corrected chi connectivity index (χ1v) is 9.65. The summed E-state index contributed by atoms with van der Waals surface area (Å²) in [5.41, 5.74) is 2.64. The zero-order valence-electron chi connectivity index (χ0n) is 13.5. The first-order chi connectivity index (χ1) is 11.2. The van der Waals surface area contributed by atoms with Gasteiger partial charge < -0.3 is 4.74 Å². The van der Waals surface area contributed by atoms with Crippen LogP contribution in [0.5, 0.6) is 0 Å². The minimum atomic E-state index is -0.0681. The fraction of sp³-hybridized carbons (Fsp3) is 0.350. The smallest absolute Gasteiger partial charge is 0.337 e. The van der Waals surface area contributed by atoms with Crippen molar-refractivity contribution in [1.82, 2.24) is 0 Å². The van der Waals surface area contributed by atoms with E-state index in [0.717, 1.165) is 36.3 Å². The highest BCUT2D eigenvalue weighted by Gasteiger charge is 2.41. The Hall–Kier alpha value is -1.36. The number of rotatable bonds is 6. The van der Waals surface area contributed by atoms with Crippen LogP contribution in [0, 0.1) is 0 Å². The van der Waals surface area contributed by atoms with Crippen molar-refractivity contribution >= 4 is 28.5 Å². The summed E-state index contributed by atoms with van der Waals surface area (Å²) in [6, 6.07) is 21.3. The standard InChI is InChI=1S/C20H23INO/c1-20(15-21)16-22(14-18-10-6-3-7-11-18)19(23-20)13-12-17-8-4-2-5-9-17/h2-11H,12-16H2,1H3/q+1. The quantitative estimate of drug-likeness (QED) is 0.382. The molecule has 3 heteroatoms. The second-order valence-electron chi connectivity index (χ2n) is 6.41. The van der Waals surface area contributed by atoms with Crippen LogP contribution in [0.2, 0.25) is 0 Å². The molecule has 0 saturated carbocycles. The number of ether oxygens (including phenoxy) is 1. The van der Waals surface area contributed by atoms with Crippen LogP contribution >= 0.6 is 22.6 Å². The molecule has 0 spiro atoms. The SMILES string of the molecule is CC1(CI)C[N+](Cc2ccccc2)=C(CCc2ccccc2)O1. The van der Waals surface area contributed by atoms with Gasteiger partial charge in [-0.25, -0.2) is 0 Å². The summed E-state index contributed by atoms with van der Waals surface area (Å²) in [5, 5.41) is 0. The second-order valence-corrected chi connectivity index (χ2v) is 7.17. The molecule has 0 aliphatic carbocycles. The highest BCUT2D eigenvalue weighted by molar-refractivity contribution is 14.1. The van der Waals surface area contributed by atoms with Gasteiger partial charge in [-0.1, -0.05) is 83.3 Å². The molecule has 2 aromatic rings. The summed E-state index contributed by atoms with van der Waals surface area (Å²) in [4.78, 5) is 0. The Morgan fingerprint density at radius 2 is 1.57 bits per heavy atom. The zero-order valence-corrected chi connectivity index (χ0v) is 15.7. The van der Waals surface area contributed by atoms with Gasteiger partial charge in [0.2, 0.25) is 0 Å². The first kappa shape index (κ1) is 16.5. The van der Waals surface area contributed by atoms with Crippen molar-refractivity contribution in [3.8, 4) is 0 Å². The van der Waals surface area contributed by atoms with E-state index in [1.54, 1.807) is 0 Å². The van der Waals surface area contributed by atoms with Crippen LogP contribution in [-0.2, 0) is 17.7 Å². The van der Waals surface area contributed by atoms with Crippen molar-refractivity contribution in [3.63, 3.8) is 0 Å². The monoisotopic (exact) mass is 420 g/mol. The third-order valence-corrected chi connectivity index (χ3v) is 5.83. The van der Waals surface area contributed by atoms with Crippen LogP contribution in [0.4, 0.5) is 0 Å². The van der Waals surface area contributed by atoms with Gasteiger partial charge in [0.05, 0.1) is 6.42 Å². The lowest BCUT2D eigenvalue weighted by Crippen LogP contribution is -2.33. The third-order valence-electron chi connectivity index (χ3n) is 4.21. The van der Waals surface area contributed by atoms with Crippen molar-refractivity contribution in [2.45, 2.75) is 31.9 Å². The molecule has 1 aliphatic heterocycles. The van der Waals surface area contributed by atoms with E-state index in [2.05, 4.69) is 94.8 Å². The molecule has 3 rings (SSSR count). The summed E-state index contributed by atoms with van der Waals surface area (Å²) >= 11 is 2.43. The molecule has 0 bridgehead atoms. The van der Waals surface area contributed by atoms with Gasteiger partial charge >= 0.3 is 5.90 Å². The summed E-state index contributed by atoms with van der Waals surface area (Å²) < 4.78 is 9.76. The molecule has 1 unspecified atom stereocenters. The van der Waals surface area contributed by atoms with Gasteiger partial charge in [0.1, 0.15) is 0 Å². The van der Waals surface area contributed by atoms with E-state index in [-0.39, 0.29) is 5.60 Å². The van der Waals surface area contributed by atoms with Gasteiger partial charge in [-0.15, -0.1) is 0 Å². The first-order valence-electron chi connectivity index (χ1n) is 8.12.